The first kappa shape index (κ1) is 15.6. The summed E-state index contributed by atoms with van der Waals surface area (Å²) in [7, 11) is 0. The molecule has 2 nitrogen and oxygen atoms in total. The average molecular weight is 232 g/mol. The zero-order valence-electron chi connectivity index (χ0n) is 11.4. The number of hydrogen-bond donors (Lipinski definition) is 0. The van der Waals surface area contributed by atoms with Gasteiger partial charge in [0.1, 0.15) is 12.0 Å². The molecule has 96 valence electrons. The van der Waals surface area contributed by atoms with Crippen molar-refractivity contribution >= 4 is 5.78 Å². The molecule has 1 unspecified atom stereocenters. The number of carbonyl (C=O) groups excluding carboxylic acids is 1. The van der Waals surface area contributed by atoms with E-state index >= 15 is 0 Å². The molecule has 0 aromatic rings. The smallest absolute Gasteiger partial charge is 0.138 e. The lowest BCUT2D eigenvalue weighted by molar-refractivity contribution is -0.126. The molecule has 3 heteroatoms. The summed E-state index contributed by atoms with van der Waals surface area (Å²) < 4.78 is 18.7. The van der Waals surface area contributed by atoms with E-state index in [-0.39, 0.29) is 36.2 Å². The third-order valence-electron chi connectivity index (χ3n) is 2.22. The highest BCUT2D eigenvalue weighted by Crippen LogP contribution is 2.19. The molecular formula is C13H25FO2. The van der Waals surface area contributed by atoms with E-state index in [2.05, 4.69) is 0 Å². The third-order valence-corrected chi connectivity index (χ3v) is 2.22. The van der Waals surface area contributed by atoms with Crippen molar-refractivity contribution in [2.45, 2.75) is 66.2 Å². The second-order valence-electron chi connectivity index (χ2n) is 6.23. The van der Waals surface area contributed by atoms with Gasteiger partial charge in [0.15, 0.2) is 0 Å². The van der Waals surface area contributed by atoms with Crippen molar-refractivity contribution in [3.8, 4) is 0 Å². The molecule has 0 aliphatic heterocycles. The highest BCUT2D eigenvalue weighted by Gasteiger charge is 2.22. The molecule has 1 atom stereocenters. The predicted octanol–water partition coefficient (Wildman–Crippen LogP) is 3.54. The first-order valence-corrected chi connectivity index (χ1v) is 5.84. The summed E-state index contributed by atoms with van der Waals surface area (Å²) in [5, 5.41) is 0. The SMILES string of the molecule is CC(C)(C)OCC(F)CCC(=O)C(C)(C)C. The Morgan fingerprint density at radius 1 is 1.19 bits per heavy atom. The van der Waals surface area contributed by atoms with Crippen LogP contribution in [0, 0.1) is 5.41 Å². The van der Waals surface area contributed by atoms with Gasteiger partial charge in [0.2, 0.25) is 0 Å². The fourth-order valence-electron chi connectivity index (χ4n) is 1.09. The van der Waals surface area contributed by atoms with E-state index in [1.165, 1.54) is 0 Å². The number of ether oxygens (including phenoxy) is 1. The van der Waals surface area contributed by atoms with Crippen LogP contribution in [0.15, 0.2) is 0 Å². The van der Waals surface area contributed by atoms with Crippen molar-refractivity contribution in [1.82, 2.24) is 0 Å². The van der Waals surface area contributed by atoms with E-state index in [1.54, 1.807) is 0 Å². The van der Waals surface area contributed by atoms with Crippen LogP contribution >= 0.6 is 0 Å². The van der Waals surface area contributed by atoms with Crippen LogP contribution < -0.4 is 0 Å². The maximum atomic E-state index is 13.4. The molecule has 0 rings (SSSR count). The average Bonchev–Trinajstić information content (AvgIpc) is 2.08. The van der Waals surface area contributed by atoms with Gasteiger partial charge in [0.25, 0.3) is 0 Å². The summed E-state index contributed by atoms with van der Waals surface area (Å²) in [6.45, 7) is 11.3. The molecule has 16 heavy (non-hydrogen) atoms. The Morgan fingerprint density at radius 2 is 1.69 bits per heavy atom. The molecule has 0 spiro atoms. The minimum atomic E-state index is -1.05. The van der Waals surface area contributed by atoms with Gasteiger partial charge in [0, 0.05) is 11.8 Å². The number of alkyl halides is 1. The monoisotopic (exact) mass is 232 g/mol. The van der Waals surface area contributed by atoms with Gasteiger partial charge in [-0.15, -0.1) is 0 Å². The summed E-state index contributed by atoms with van der Waals surface area (Å²) in [5.41, 5.74) is -0.691. The fraction of sp³-hybridized carbons (Fsp3) is 0.923. The zero-order chi connectivity index (χ0) is 13.0. The van der Waals surface area contributed by atoms with Gasteiger partial charge >= 0.3 is 0 Å². The van der Waals surface area contributed by atoms with Crippen LogP contribution in [0.1, 0.15) is 54.4 Å². The normalized spacial score (nSPS) is 14.9. The van der Waals surface area contributed by atoms with Crippen LogP contribution in [-0.4, -0.2) is 24.2 Å². The highest BCUT2D eigenvalue weighted by atomic mass is 19.1. The van der Waals surface area contributed by atoms with Crippen LogP contribution in [0.4, 0.5) is 4.39 Å². The maximum Gasteiger partial charge on any atom is 0.138 e. The van der Waals surface area contributed by atoms with Crippen LogP contribution in [0.25, 0.3) is 0 Å². The summed E-state index contributed by atoms with van der Waals surface area (Å²) in [5.74, 6) is 0.103. The molecular weight excluding hydrogens is 207 g/mol. The molecule has 0 aliphatic rings. The summed E-state index contributed by atoms with van der Waals surface area (Å²) >= 11 is 0. The highest BCUT2D eigenvalue weighted by molar-refractivity contribution is 5.83. The number of carbonyl (C=O) groups is 1. The second kappa shape index (κ2) is 5.76. The summed E-state index contributed by atoms with van der Waals surface area (Å²) in [6, 6.07) is 0. The van der Waals surface area contributed by atoms with E-state index in [0.717, 1.165) is 0 Å². The Kier molecular flexibility index (Phi) is 5.60. The molecule has 0 aromatic carbocycles. The molecule has 0 bridgehead atoms. The van der Waals surface area contributed by atoms with Gasteiger partial charge in [-0.2, -0.15) is 0 Å². The minimum absolute atomic E-state index is 0.0704. The molecule has 0 aromatic heterocycles. The maximum absolute atomic E-state index is 13.4. The second-order valence-corrected chi connectivity index (χ2v) is 6.23. The van der Waals surface area contributed by atoms with Crippen LogP contribution in [0.3, 0.4) is 0 Å². The van der Waals surface area contributed by atoms with Crippen LogP contribution in [0.2, 0.25) is 0 Å². The minimum Gasteiger partial charge on any atom is -0.373 e. The third kappa shape index (κ3) is 7.80. The molecule has 0 amide bonds. The van der Waals surface area contributed by atoms with Gasteiger partial charge in [0.05, 0.1) is 12.2 Å². The predicted molar refractivity (Wildman–Crippen MR) is 64.3 cm³/mol. The Balaban J connectivity index is 3.83. The molecule has 0 saturated carbocycles. The van der Waals surface area contributed by atoms with Crippen LogP contribution in [-0.2, 0) is 9.53 Å². The number of rotatable bonds is 5. The molecule has 0 heterocycles. The molecule has 0 fully saturated rings. The van der Waals surface area contributed by atoms with Gasteiger partial charge < -0.3 is 4.74 Å². The number of halogens is 1. The van der Waals surface area contributed by atoms with Crippen molar-refractivity contribution in [3.05, 3.63) is 0 Å². The fourth-order valence-corrected chi connectivity index (χ4v) is 1.09. The first-order chi connectivity index (χ1) is 7.02. The van der Waals surface area contributed by atoms with E-state index in [0.29, 0.717) is 0 Å². The van der Waals surface area contributed by atoms with Crippen molar-refractivity contribution in [3.63, 3.8) is 0 Å². The Hall–Kier alpha value is -0.440. The lowest BCUT2D eigenvalue weighted by Crippen LogP contribution is -2.26. The van der Waals surface area contributed by atoms with Crippen molar-refractivity contribution in [2.24, 2.45) is 5.41 Å². The van der Waals surface area contributed by atoms with Crippen molar-refractivity contribution in [1.29, 1.82) is 0 Å². The van der Waals surface area contributed by atoms with Crippen LogP contribution in [0.5, 0.6) is 0 Å². The van der Waals surface area contributed by atoms with Gasteiger partial charge in [-0.05, 0) is 27.2 Å². The van der Waals surface area contributed by atoms with Gasteiger partial charge in [-0.3, -0.25) is 4.79 Å². The number of Topliss-reactive ketones (excluding diaryl/α,β-unsaturated/α-hetero) is 1. The first-order valence-electron chi connectivity index (χ1n) is 5.84. The Morgan fingerprint density at radius 3 is 2.06 bits per heavy atom. The summed E-state index contributed by atoms with van der Waals surface area (Å²) in [6.07, 6.45) is -0.504. The van der Waals surface area contributed by atoms with E-state index in [9.17, 15) is 9.18 Å². The Bertz CT molecular complexity index is 223. The lowest BCUT2D eigenvalue weighted by atomic mass is 9.88. The lowest BCUT2D eigenvalue weighted by Gasteiger charge is -2.21. The molecule has 0 saturated heterocycles. The molecule has 0 aliphatic carbocycles. The largest absolute Gasteiger partial charge is 0.373 e. The molecule has 0 N–H and O–H groups in total. The van der Waals surface area contributed by atoms with E-state index in [1.807, 2.05) is 41.5 Å². The zero-order valence-corrected chi connectivity index (χ0v) is 11.4. The number of ketones is 1. The molecule has 0 radical (unpaired) electrons. The quantitative estimate of drug-likeness (QED) is 0.724. The Labute approximate surface area is 98.6 Å². The topological polar surface area (TPSA) is 26.3 Å². The van der Waals surface area contributed by atoms with Crippen molar-refractivity contribution in [2.75, 3.05) is 6.61 Å². The van der Waals surface area contributed by atoms with E-state index in [4.69, 9.17) is 4.74 Å². The van der Waals surface area contributed by atoms with Crippen molar-refractivity contribution < 1.29 is 13.9 Å². The van der Waals surface area contributed by atoms with Gasteiger partial charge in [-0.25, -0.2) is 4.39 Å². The van der Waals surface area contributed by atoms with Gasteiger partial charge in [-0.1, -0.05) is 20.8 Å². The standard InChI is InChI=1S/C13H25FO2/c1-12(2,3)11(15)8-7-10(14)9-16-13(4,5)6/h10H,7-9H2,1-6H3. The summed E-state index contributed by atoms with van der Waals surface area (Å²) in [4.78, 5) is 11.6. The number of hydrogen-bond acceptors (Lipinski definition) is 2. The van der Waals surface area contributed by atoms with E-state index < -0.39 is 6.17 Å².